The van der Waals surface area contributed by atoms with E-state index in [-0.39, 0.29) is 17.2 Å². The van der Waals surface area contributed by atoms with Crippen LogP contribution in [0, 0.1) is 10.1 Å². The molecule has 0 spiro atoms. The highest BCUT2D eigenvalue weighted by Crippen LogP contribution is 2.29. The number of nitrogens with one attached hydrogen (secondary N) is 1. The van der Waals surface area contributed by atoms with Gasteiger partial charge in [0.2, 0.25) is 0 Å². The Bertz CT molecular complexity index is 1250. The third kappa shape index (κ3) is 6.62. The van der Waals surface area contributed by atoms with E-state index in [9.17, 15) is 19.7 Å². The number of para-hydroxylation sites is 2. The van der Waals surface area contributed by atoms with Crippen LogP contribution in [0.5, 0.6) is 17.2 Å². The molecule has 0 aliphatic heterocycles. The van der Waals surface area contributed by atoms with Crippen molar-refractivity contribution in [2.75, 3.05) is 13.7 Å². The van der Waals surface area contributed by atoms with Crippen molar-refractivity contribution in [3.8, 4) is 17.2 Å². The number of esters is 1. The zero-order chi connectivity index (χ0) is 24.5. The predicted molar refractivity (Wildman–Crippen MR) is 126 cm³/mol. The first-order chi connectivity index (χ1) is 16.4. The Kier molecular flexibility index (Phi) is 8.30. The van der Waals surface area contributed by atoms with Gasteiger partial charge >= 0.3 is 11.7 Å². The van der Waals surface area contributed by atoms with E-state index in [1.807, 2.05) is 0 Å². The minimum atomic E-state index is -0.610. The average Bonchev–Trinajstić information content (AvgIpc) is 2.83. The van der Waals surface area contributed by atoms with Crippen LogP contribution in [0.15, 0.2) is 76.3 Å². The molecule has 3 rings (SSSR count). The Morgan fingerprint density at radius 1 is 1.06 bits per heavy atom. The normalized spacial score (nSPS) is 10.5. The van der Waals surface area contributed by atoms with E-state index >= 15 is 0 Å². The number of rotatable bonds is 9. The zero-order valence-electron chi connectivity index (χ0n) is 17.8. The standard InChI is InChI=1S/C23H18BrN3O7/c1-32-21-11-15(9-10-20(21)34-23(29)16-5-4-6-17(24)12-16)13-25-26-22(28)14-33-19-8-3-2-7-18(19)27(30)31/h2-13H,14H2,1H3,(H,26,28)/b25-13-. The lowest BCUT2D eigenvalue weighted by molar-refractivity contribution is -0.385. The molecule has 10 nitrogen and oxygen atoms in total. The van der Waals surface area contributed by atoms with Gasteiger partial charge in [0.25, 0.3) is 5.91 Å². The van der Waals surface area contributed by atoms with Gasteiger partial charge in [-0.25, -0.2) is 10.2 Å². The summed E-state index contributed by atoms with van der Waals surface area (Å²) in [6.07, 6.45) is 1.35. The molecule has 1 amide bonds. The number of benzene rings is 3. The molecule has 3 aromatic rings. The molecule has 1 N–H and O–H groups in total. The number of carbonyl (C=O) groups is 2. The molecule has 0 radical (unpaired) electrons. The monoisotopic (exact) mass is 527 g/mol. The average molecular weight is 528 g/mol. The lowest BCUT2D eigenvalue weighted by Crippen LogP contribution is -2.24. The van der Waals surface area contributed by atoms with E-state index in [4.69, 9.17) is 14.2 Å². The molecule has 0 unspecified atom stereocenters. The topological polar surface area (TPSA) is 129 Å². The number of methoxy groups -OCH3 is 1. The predicted octanol–water partition coefficient (Wildman–Crippen LogP) is 4.11. The van der Waals surface area contributed by atoms with E-state index in [0.717, 1.165) is 4.47 Å². The molecule has 0 aromatic heterocycles. The van der Waals surface area contributed by atoms with E-state index in [2.05, 4.69) is 26.5 Å². The summed E-state index contributed by atoms with van der Waals surface area (Å²) in [6, 6.07) is 17.2. The van der Waals surface area contributed by atoms with Crippen molar-refractivity contribution in [2.24, 2.45) is 5.10 Å². The van der Waals surface area contributed by atoms with Gasteiger partial charge in [-0.15, -0.1) is 0 Å². The molecule has 3 aromatic carbocycles. The lowest BCUT2D eigenvalue weighted by atomic mass is 10.2. The number of hydrazone groups is 1. The van der Waals surface area contributed by atoms with Crippen LogP contribution in [0.2, 0.25) is 0 Å². The maximum Gasteiger partial charge on any atom is 0.343 e. The molecule has 0 fully saturated rings. The number of ether oxygens (including phenoxy) is 3. The van der Waals surface area contributed by atoms with Crippen molar-refractivity contribution in [2.45, 2.75) is 0 Å². The van der Waals surface area contributed by atoms with Gasteiger partial charge in [0.05, 0.1) is 23.8 Å². The van der Waals surface area contributed by atoms with Crippen molar-refractivity contribution in [1.29, 1.82) is 0 Å². The van der Waals surface area contributed by atoms with Crippen LogP contribution in [-0.4, -0.2) is 36.7 Å². The fraction of sp³-hybridized carbons (Fsp3) is 0.0870. The summed E-state index contributed by atoms with van der Waals surface area (Å²) in [5.41, 5.74) is 2.95. The van der Waals surface area contributed by atoms with Crippen molar-refractivity contribution in [3.05, 3.63) is 92.4 Å². The highest BCUT2D eigenvalue weighted by molar-refractivity contribution is 9.10. The highest BCUT2D eigenvalue weighted by atomic mass is 79.9. The van der Waals surface area contributed by atoms with Gasteiger partial charge in [-0.1, -0.05) is 34.1 Å². The van der Waals surface area contributed by atoms with E-state index in [1.165, 1.54) is 37.6 Å². The summed E-state index contributed by atoms with van der Waals surface area (Å²) in [4.78, 5) is 34.7. The second-order valence-electron chi connectivity index (χ2n) is 6.62. The van der Waals surface area contributed by atoms with Crippen LogP contribution < -0.4 is 19.6 Å². The van der Waals surface area contributed by atoms with Crippen LogP contribution in [0.1, 0.15) is 15.9 Å². The molecule has 174 valence electrons. The van der Waals surface area contributed by atoms with Crippen molar-refractivity contribution in [3.63, 3.8) is 0 Å². The second-order valence-corrected chi connectivity index (χ2v) is 7.53. The molecule has 34 heavy (non-hydrogen) atoms. The number of carbonyl (C=O) groups excluding carboxylic acids is 2. The molecule has 0 saturated carbocycles. The summed E-state index contributed by atoms with van der Waals surface area (Å²) in [5, 5.41) is 14.8. The number of nitro groups is 1. The fourth-order valence-corrected chi connectivity index (χ4v) is 3.11. The first-order valence-corrected chi connectivity index (χ1v) is 10.5. The summed E-state index contributed by atoms with van der Waals surface area (Å²) in [7, 11) is 1.43. The van der Waals surface area contributed by atoms with Gasteiger partial charge in [-0.05, 0) is 48.0 Å². The van der Waals surface area contributed by atoms with Gasteiger partial charge in [0.1, 0.15) is 0 Å². The number of hydrogen-bond donors (Lipinski definition) is 1. The molecule has 0 atom stereocenters. The SMILES string of the molecule is COc1cc(/C=N\NC(=O)COc2ccccc2[N+](=O)[O-])ccc1OC(=O)c1cccc(Br)c1. The summed E-state index contributed by atoms with van der Waals surface area (Å²) < 4.78 is 16.6. The van der Waals surface area contributed by atoms with Gasteiger partial charge in [-0.2, -0.15) is 5.10 Å². The van der Waals surface area contributed by atoms with Crippen LogP contribution in [0.25, 0.3) is 0 Å². The maximum atomic E-state index is 12.4. The molecule has 0 bridgehead atoms. The van der Waals surface area contributed by atoms with Crippen LogP contribution >= 0.6 is 15.9 Å². The Morgan fingerprint density at radius 3 is 2.59 bits per heavy atom. The van der Waals surface area contributed by atoms with E-state index in [1.54, 1.807) is 42.5 Å². The fourth-order valence-electron chi connectivity index (χ4n) is 2.71. The first-order valence-electron chi connectivity index (χ1n) is 9.71. The first kappa shape index (κ1) is 24.4. The van der Waals surface area contributed by atoms with Gasteiger partial charge in [-0.3, -0.25) is 14.9 Å². The van der Waals surface area contributed by atoms with Gasteiger partial charge < -0.3 is 14.2 Å². The number of nitro benzene ring substituents is 1. The molecule has 11 heteroatoms. The minimum absolute atomic E-state index is 0.0237. The minimum Gasteiger partial charge on any atom is -0.493 e. The van der Waals surface area contributed by atoms with E-state index < -0.39 is 23.4 Å². The Hall–Kier alpha value is -4.25. The maximum absolute atomic E-state index is 12.4. The van der Waals surface area contributed by atoms with Crippen molar-refractivity contribution < 1.29 is 28.7 Å². The number of amides is 1. The quantitative estimate of drug-likeness (QED) is 0.145. The lowest BCUT2D eigenvalue weighted by Gasteiger charge is -2.10. The molecular formula is C23H18BrN3O7. The second kappa shape index (κ2) is 11.6. The Morgan fingerprint density at radius 2 is 1.85 bits per heavy atom. The largest absolute Gasteiger partial charge is 0.493 e. The van der Waals surface area contributed by atoms with Gasteiger partial charge in [0, 0.05) is 10.5 Å². The van der Waals surface area contributed by atoms with Crippen LogP contribution in [-0.2, 0) is 4.79 Å². The van der Waals surface area contributed by atoms with Crippen LogP contribution in [0.3, 0.4) is 0 Å². The number of hydrogen-bond acceptors (Lipinski definition) is 8. The summed E-state index contributed by atoms with van der Waals surface area (Å²) in [6.45, 7) is -0.462. The number of halogens is 1. The van der Waals surface area contributed by atoms with Gasteiger partial charge in [0.15, 0.2) is 23.9 Å². The van der Waals surface area contributed by atoms with Crippen LogP contribution in [0.4, 0.5) is 5.69 Å². The third-order valence-electron chi connectivity index (χ3n) is 4.27. The molecule has 0 aliphatic carbocycles. The van der Waals surface area contributed by atoms with Crippen molar-refractivity contribution in [1.82, 2.24) is 5.43 Å². The number of nitrogens with zero attached hydrogens (tertiary/aromatic N) is 2. The third-order valence-corrected chi connectivity index (χ3v) is 4.77. The molecule has 0 aliphatic rings. The van der Waals surface area contributed by atoms with Crippen molar-refractivity contribution >= 4 is 39.7 Å². The highest BCUT2D eigenvalue weighted by Gasteiger charge is 2.15. The molecule has 0 saturated heterocycles. The Labute approximate surface area is 202 Å². The molecule has 0 heterocycles. The Balaban J connectivity index is 1.58. The summed E-state index contributed by atoms with van der Waals surface area (Å²) >= 11 is 3.31. The zero-order valence-corrected chi connectivity index (χ0v) is 19.4. The smallest absolute Gasteiger partial charge is 0.343 e. The molecular weight excluding hydrogens is 510 g/mol. The summed E-state index contributed by atoms with van der Waals surface area (Å²) in [5.74, 6) is -0.679. The van der Waals surface area contributed by atoms with E-state index in [0.29, 0.717) is 16.9 Å².